The smallest absolute Gasteiger partial charge is 0.191 e. The number of fused-ring (bicyclic) bond motifs is 1. The lowest BCUT2D eigenvalue weighted by molar-refractivity contribution is 0.0377. The van der Waals surface area contributed by atoms with Crippen molar-refractivity contribution in [1.82, 2.24) is 15.5 Å². The number of benzene rings is 1. The van der Waals surface area contributed by atoms with Crippen molar-refractivity contribution >= 4 is 5.96 Å². The number of aliphatic imine (C=N–C) groups is 1. The number of hydrogen-bond donors (Lipinski definition) is 2. The average molecular weight is 361 g/mol. The minimum atomic E-state index is 0.818. The molecule has 1 fully saturated rings. The van der Waals surface area contributed by atoms with Crippen molar-refractivity contribution in [2.24, 2.45) is 4.99 Å². The molecular formula is C20H32N4O2. The van der Waals surface area contributed by atoms with E-state index in [-0.39, 0.29) is 0 Å². The fraction of sp³-hybridized carbons (Fsp3) is 0.650. The molecule has 2 heterocycles. The van der Waals surface area contributed by atoms with Crippen LogP contribution < -0.4 is 15.4 Å². The van der Waals surface area contributed by atoms with Gasteiger partial charge in [-0.3, -0.25) is 9.89 Å². The molecule has 0 amide bonds. The summed E-state index contributed by atoms with van der Waals surface area (Å²) in [5, 5.41) is 6.78. The van der Waals surface area contributed by atoms with Gasteiger partial charge in [0.15, 0.2) is 5.96 Å². The van der Waals surface area contributed by atoms with Gasteiger partial charge in [-0.1, -0.05) is 12.1 Å². The van der Waals surface area contributed by atoms with Gasteiger partial charge in [-0.25, -0.2) is 0 Å². The second kappa shape index (κ2) is 10.4. The number of guanidine groups is 1. The highest BCUT2D eigenvalue weighted by Crippen LogP contribution is 2.25. The van der Waals surface area contributed by atoms with E-state index in [1.54, 1.807) is 0 Å². The molecule has 0 unspecified atom stereocenters. The van der Waals surface area contributed by atoms with Crippen molar-refractivity contribution in [3.63, 3.8) is 0 Å². The lowest BCUT2D eigenvalue weighted by Gasteiger charge is -2.26. The fourth-order valence-corrected chi connectivity index (χ4v) is 3.37. The highest BCUT2D eigenvalue weighted by Gasteiger charge is 2.12. The number of ether oxygens (including phenoxy) is 2. The van der Waals surface area contributed by atoms with Crippen LogP contribution in [0.3, 0.4) is 0 Å². The van der Waals surface area contributed by atoms with Gasteiger partial charge in [0.05, 0.1) is 19.8 Å². The number of nitrogens with one attached hydrogen (secondary N) is 2. The van der Waals surface area contributed by atoms with E-state index >= 15 is 0 Å². The summed E-state index contributed by atoms with van der Waals surface area (Å²) in [6, 6.07) is 6.54. The molecule has 6 nitrogen and oxygen atoms in total. The maximum atomic E-state index is 5.57. The van der Waals surface area contributed by atoms with Crippen LogP contribution in [0.15, 0.2) is 23.2 Å². The lowest BCUT2D eigenvalue weighted by atomic mass is 10.1. The Morgan fingerprint density at radius 1 is 1.19 bits per heavy atom. The molecular weight excluding hydrogens is 328 g/mol. The van der Waals surface area contributed by atoms with Gasteiger partial charge in [0.1, 0.15) is 5.75 Å². The SMILES string of the molecule is CCNC(=NCCCN1CCOCC1)NCCc1ccc2c(c1)CCO2. The van der Waals surface area contributed by atoms with Gasteiger partial charge < -0.3 is 20.1 Å². The molecule has 0 bridgehead atoms. The van der Waals surface area contributed by atoms with Crippen LogP contribution in [-0.4, -0.2) is 69.9 Å². The molecule has 1 aromatic carbocycles. The second-order valence-electron chi connectivity index (χ2n) is 6.79. The summed E-state index contributed by atoms with van der Waals surface area (Å²) >= 11 is 0. The van der Waals surface area contributed by atoms with Crippen molar-refractivity contribution in [3.05, 3.63) is 29.3 Å². The van der Waals surface area contributed by atoms with E-state index in [9.17, 15) is 0 Å². The van der Waals surface area contributed by atoms with Gasteiger partial charge in [-0.05, 0) is 37.0 Å². The Kier molecular flexibility index (Phi) is 7.58. The quantitative estimate of drug-likeness (QED) is 0.417. The maximum absolute atomic E-state index is 5.57. The monoisotopic (exact) mass is 360 g/mol. The van der Waals surface area contributed by atoms with Crippen LogP contribution >= 0.6 is 0 Å². The normalized spacial score (nSPS) is 17.7. The highest BCUT2D eigenvalue weighted by atomic mass is 16.5. The predicted molar refractivity (Wildman–Crippen MR) is 105 cm³/mol. The van der Waals surface area contributed by atoms with Gasteiger partial charge in [-0.15, -0.1) is 0 Å². The van der Waals surface area contributed by atoms with Crippen LogP contribution in [0.4, 0.5) is 0 Å². The molecule has 0 aromatic heterocycles. The van der Waals surface area contributed by atoms with Gasteiger partial charge in [0, 0.05) is 45.7 Å². The summed E-state index contributed by atoms with van der Waals surface area (Å²) in [6.45, 7) is 10.5. The zero-order valence-electron chi connectivity index (χ0n) is 15.9. The molecule has 26 heavy (non-hydrogen) atoms. The van der Waals surface area contributed by atoms with E-state index in [1.165, 1.54) is 11.1 Å². The van der Waals surface area contributed by atoms with E-state index in [2.05, 4.69) is 40.7 Å². The van der Waals surface area contributed by atoms with Crippen LogP contribution in [0.25, 0.3) is 0 Å². The van der Waals surface area contributed by atoms with E-state index in [0.29, 0.717) is 0 Å². The Balaban J connectivity index is 1.38. The van der Waals surface area contributed by atoms with Gasteiger partial charge in [-0.2, -0.15) is 0 Å². The van der Waals surface area contributed by atoms with Crippen LogP contribution in [0.2, 0.25) is 0 Å². The molecule has 3 rings (SSSR count). The minimum absolute atomic E-state index is 0.818. The Hall–Kier alpha value is -1.79. The Morgan fingerprint density at radius 2 is 2.08 bits per heavy atom. The van der Waals surface area contributed by atoms with Crippen molar-refractivity contribution in [2.75, 3.05) is 59.1 Å². The lowest BCUT2D eigenvalue weighted by Crippen LogP contribution is -2.39. The number of rotatable bonds is 8. The Morgan fingerprint density at radius 3 is 2.92 bits per heavy atom. The Bertz CT molecular complexity index is 585. The van der Waals surface area contributed by atoms with Gasteiger partial charge in [0.2, 0.25) is 0 Å². The third-order valence-corrected chi connectivity index (χ3v) is 4.81. The van der Waals surface area contributed by atoms with Crippen LogP contribution in [-0.2, 0) is 17.6 Å². The van der Waals surface area contributed by atoms with Crippen molar-refractivity contribution in [3.8, 4) is 5.75 Å². The number of hydrogen-bond acceptors (Lipinski definition) is 4. The molecule has 144 valence electrons. The third kappa shape index (κ3) is 5.88. The zero-order chi connectivity index (χ0) is 18.0. The maximum Gasteiger partial charge on any atom is 0.191 e. The summed E-state index contributed by atoms with van der Waals surface area (Å²) in [5.74, 6) is 1.97. The number of nitrogens with zero attached hydrogens (tertiary/aromatic N) is 2. The van der Waals surface area contributed by atoms with Crippen molar-refractivity contribution < 1.29 is 9.47 Å². The first-order valence-electron chi connectivity index (χ1n) is 9.92. The third-order valence-electron chi connectivity index (χ3n) is 4.81. The van der Waals surface area contributed by atoms with Gasteiger partial charge in [0.25, 0.3) is 0 Å². The fourth-order valence-electron chi connectivity index (χ4n) is 3.37. The van der Waals surface area contributed by atoms with Crippen LogP contribution in [0, 0.1) is 0 Å². The molecule has 0 saturated carbocycles. The standard InChI is InChI=1S/C20H32N4O2/c1-2-21-20(22-8-3-10-24-11-14-25-15-12-24)23-9-6-17-4-5-19-18(16-17)7-13-26-19/h4-5,16H,2-3,6-15H2,1H3,(H2,21,22,23). The van der Waals surface area contributed by atoms with E-state index in [1.807, 2.05) is 0 Å². The molecule has 0 aliphatic carbocycles. The first-order valence-corrected chi connectivity index (χ1v) is 9.92. The second-order valence-corrected chi connectivity index (χ2v) is 6.79. The molecule has 2 N–H and O–H groups in total. The number of morpholine rings is 1. The molecule has 6 heteroatoms. The highest BCUT2D eigenvalue weighted by molar-refractivity contribution is 5.79. The molecule has 0 spiro atoms. The molecule has 1 aromatic rings. The van der Waals surface area contributed by atoms with Crippen molar-refractivity contribution in [1.29, 1.82) is 0 Å². The average Bonchev–Trinajstić information content (AvgIpc) is 3.14. The topological polar surface area (TPSA) is 58.1 Å². The van der Waals surface area contributed by atoms with Crippen LogP contribution in [0.1, 0.15) is 24.5 Å². The van der Waals surface area contributed by atoms with Crippen molar-refractivity contribution in [2.45, 2.75) is 26.2 Å². The first kappa shape index (κ1) is 19.0. The summed E-state index contributed by atoms with van der Waals surface area (Å²) in [6.07, 6.45) is 3.11. The molecule has 2 aliphatic heterocycles. The minimum Gasteiger partial charge on any atom is -0.493 e. The van der Waals surface area contributed by atoms with E-state index < -0.39 is 0 Å². The molecule has 0 atom stereocenters. The van der Waals surface area contributed by atoms with Gasteiger partial charge >= 0.3 is 0 Å². The first-order chi connectivity index (χ1) is 12.8. The molecule has 1 saturated heterocycles. The zero-order valence-corrected chi connectivity index (χ0v) is 15.9. The molecule has 2 aliphatic rings. The molecule has 0 radical (unpaired) electrons. The summed E-state index contributed by atoms with van der Waals surface area (Å²) in [7, 11) is 0. The predicted octanol–water partition coefficient (Wildman–Crippen LogP) is 1.44. The summed E-state index contributed by atoms with van der Waals surface area (Å²) < 4.78 is 11.0. The summed E-state index contributed by atoms with van der Waals surface area (Å²) in [4.78, 5) is 7.16. The van der Waals surface area contributed by atoms with Crippen LogP contribution in [0.5, 0.6) is 5.75 Å². The summed E-state index contributed by atoms with van der Waals surface area (Å²) in [5.41, 5.74) is 2.69. The van der Waals surface area contributed by atoms with E-state index in [0.717, 1.165) is 90.1 Å². The Labute approximate surface area is 157 Å². The van der Waals surface area contributed by atoms with E-state index in [4.69, 9.17) is 14.5 Å². The largest absolute Gasteiger partial charge is 0.493 e.